The Balaban J connectivity index is 1.43. The Hall–Kier alpha value is -2.41. The maximum absolute atomic E-state index is 12.7. The second kappa shape index (κ2) is 6.39. The number of amides is 1. The Kier molecular flexibility index (Phi) is 3.89. The van der Waals surface area contributed by atoms with Crippen molar-refractivity contribution in [1.29, 1.82) is 0 Å². The van der Waals surface area contributed by atoms with Crippen molar-refractivity contribution < 1.29 is 9.21 Å². The van der Waals surface area contributed by atoms with Gasteiger partial charge < -0.3 is 9.32 Å². The normalized spacial score (nSPS) is 16.7. The van der Waals surface area contributed by atoms with Crippen molar-refractivity contribution in [1.82, 2.24) is 19.7 Å². The van der Waals surface area contributed by atoms with Crippen molar-refractivity contribution in [2.45, 2.75) is 38.8 Å². The zero-order valence-electron chi connectivity index (χ0n) is 14.4. The number of oxazole rings is 1. The van der Waals surface area contributed by atoms with Gasteiger partial charge in [0.1, 0.15) is 17.7 Å². The molecule has 0 spiro atoms. The average molecular weight is 368 g/mol. The lowest BCUT2D eigenvalue weighted by Crippen LogP contribution is -2.37. The maximum Gasteiger partial charge on any atom is 0.227 e. The van der Waals surface area contributed by atoms with Crippen molar-refractivity contribution in [2.75, 3.05) is 6.54 Å². The fraction of sp³-hybridized carbons (Fsp3) is 0.421. The summed E-state index contributed by atoms with van der Waals surface area (Å²) in [5.41, 5.74) is 5.09. The molecule has 0 unspecified atom stereocenters. The van der Waals surface area contributed by atoms with Crippen LogP contribution < -0.4 is 0 Å². The van der Waals surface area contributed by atoms with Crippen LogP contribution in [0.2, 0.25) is 0 Å². The molecule has 1 aliphatic carbocycles. The Labute approximate surface area is 155 Å². The number of nitrogens with zero attached hydrogens (tertiary/aromatic N) is 4. The first kappa shape index (κ1) is 15.8. The van der Waals surface area contributed by atoms with Crippen LogP contribution in [0.5, 0.6) is 0 Å². The summed E-state index contributed by atoms with van der Waals surface area (Å²) in [6, 6.07) is 2.02. The molecule has 0 saturated heterocycles. The summed E-state index contributed by atoms with van der Waals surface area (Å²) in [4.78, 5) is 19.0. The number of hydrogen-bond donors (Lipinski definition) is 0. The largest absolute Gasteiger partial charge is 0.451 e. The topological polar surface area (TPSA) is 64.2 Å². The Morgan fingerprint density at radius 2 is 2.31 bits per heavy atom. The molecule has 0 radical (unpaired) electrons. The lowest BCUT2D eigenvalue weighted by atomic mass is 10.0. The molecule has 1 amide bonds. The highest BCUT2D eigenvalue weighted by Gasteiger charge is 2.31. The summed E-state index contributed by atoms with van der Waals surface area (Å²) in [6.45, 7) is 2.33. The molecule has 1 fully saturated rings. The summed E-state index contributed by atoms with van der Waals surface area (Å²) in [6.07, 6.45) is 6.97. The van der Waals surface area contributed by atoms with Gasteiger partial charge in [0, 0.05) is 37.3 Å². The molecule has 7 heteroatoms. The molecule has 6 nitrogen and oxygen atoms in total. The molecule has 3 aromatic heterocycles. The van der Waals surface area contributed by atoms with Gasteiger partial charge >= 0.3 is 0 Å². The molecule has 0 atom stereocenters. The van der Waals surface area contributed by atoms with Gasteiger partial charge in [0.05, 0.1) is 6.42 Å². The number of aromatic nitrogens is 3. The summed E-state index contributed by atoms with van der Waals surface area (Å²) in [7, 11) is 0. The fourth-order valence-corrected chi connectivity index (χ4v) is 4.28. The lowest BCUT2D eigenvalue weighted by molar-refractivity contribution is -0.131. The Morgan fingerprint density at radius 3 is 3.04 bits per heavy atom. The molecule has 0 aromatic carbocycles. The van der Waals surface area contributed by atoms with Gasteiger partial charge in [-0.2, -0.15) is 16.4 Å². The van der Waals surface area contributed by atoms with E-state index in [9.17, 15) is 4.79 Å². The highest BCUT2D eigenvalue weighted by Crippen LogP contribution is 2.34. The smallest absolute Gasteiger partial charge is 0.227 e. The second-order valence-corrected chi connectivity index (χ2v) is 7.93. The minimum atomic E-state index is 0.176. The first-order valence-electron chi connectivity index (χ1n) is 9.04. The van der Waals surface area contributed by atoms with E-state index >= 15 is 0 Å². The molecule has 26 heavy (non-hydrogen) atoms. The fourth-order valence-electron chi connectivity index (χ4n) is 3.61. The van der Waals surface area contributed by atoms with E-state index in [1.165, 1.54) is 24.9 Å². The van der Waals surface area contributed by atoms with E-state index in [0.29, 0.717) is 13.0 Å². The maximum atomic E-state index is 12.7. The van der Waals surface area contributed by atoms with Crippen LogP contribution in [0.4, 0.5) is 0 Å². The quantitative estimate of drug-likeness (QED) is 0.694. The van der Waals surface area contributed by atoms with Gasteiger partial charge in [0.25, 0.3) is 0 Å². The van der Waals surface area contributed by atoms with E-state index in [1.54, 1.807) is 17.6 Å². The van der Waals surface area contributed by atoms with E-state index in [4.69, 9.17) is 9.52 Å². The van der Waals surface area contributed by atoms with Gasteiger partial charge in [0.15, 0.2) is 6.39 Å². The average Bonchev–Trinajstić information content (AvgIpc) is 3.08. The molecule has 2 aliphatic rings. The van der Waals surface area contributed by atoms with Crippen LogP contribution in [0.15, 0.2) is 33.9 Å². The van der Waals surface area contributed by atoms with E-state index in [2.05, 4.69) is 9.67 Å². The first-order valence-corrected chi connectivity index (χ1v) is 9.98. The van der Waals surface area contributed by atoms with Gasteiger partial charge in [-0.15, -0.1) is 0 Å². The van der Waals surface area contributed by atoms with Crippen LogP contribution in [0, 0.1) is 5.92 Å². The van der Waals surface area contributed by atoms with E-state index in [0.717, 1.165) is 47.9 Å². The molecule has 5 rings (SSSR count). The van der Waals surface area contributed by atoms with Gasteiger partial charge in [-0.05, 0) is 41.1 Å². The zero-order valence-corrected chi connectivity index (χ0v) is 15.2. The van der Waals surface area contributed by atoms with Gasteiger partial charge in [0.2, 0.25) is 5.91 Å². The Bertz CT molecular complexity index is 910. The predicted molar refractivity (Wildman–Crippen MR) is 97.6 cm³/mol. The number of rotatable bonds is 5. The molecule has 134 valence electrons. The van der Waals surface area contributed by atoms with Crippen molar-refractivity contribution >= 4 is 17.2 Å². The third-order valence-corrected chi connectivity index (χ3v) is 5.96. The predicted octanol–water partition coefficient (Wildman–Crippen LogP) is 3.14. The zero-order chi connectivity index (χ0) is 17.5. The van der Waals surface area contributed by atoms with Crippen LogP contribution >= 0.6 is 11.3 Å². The third kappa shape index (κ3) is 2.96. The minimum absolute atomic E-state index is 0.176. The highest BCUT2D eigenvalue weighted by molar-refractivity contribution is 7.08. The minimum Gasteiger partial charge on any atom is -0.451 e. The highest BCUT2D eigenvalue weighted by atomic mass is 32.1. The van der Waals surface area contributed by atoms with Crippen LogP contribution in [0.25, 0.3) is 11.4 Å². The van der Waals surface area contributed by atoms with Crippen LogP contribution in [-0.2, 0) is 30.7 Å². The molecule has 4 heterocycles. The summed E-state index contributed by atoms with van der Waals surface area (Å²) >= 11 is 1.63. The summed E-state index contributed by atoms with van der Waals surface area (Å²) in [5.74, 6) is 0.928. The number of thiophene rings is 1. The first-order chi connectivity index (χ1) is 12.8. The van der Waals surface area contributed by atoms with Crippen molar-refractivity contribution in [3.8, 4) is 11.4 Å². The number of hydrogen-bond acceptors (Lipinski definition) is 5. The summed E-state index contributed by atoms with van der Waals surface area (Å²) < 4.78 is 7.32. The van der Waals surface area contributed by atoms with Gasteiger partial charge in [-0.25, -0.2) is 4.98 Å². The molecule has 1 aliphatic heterocycles. The van der Waals surface area contributed by atoms with E-state index in [1.807, 2.05) is 21.7 Å². The third-order valence-electron chi connectivity index (χ3n) is 5.23. The Morgan fingerprint density at radius 1 is 1.38 bits per heavy atom. The molecule has 0 N–H and O–H groups in total. The van der Waals surface area contributed by atoms with Gasteiger partial charge in [-0.1, -0.05) is 0 Å². The number of fused-ring (bicyclic) bond motifs is 1. The van der Waals surface area contributed by atoms with Gasteiger partial charge in [-0.3, -0.25) is 9.48 Å². The molecular formula is C19H20N4O2S. The van der Waals surface area contributed by atoms with E-state index in [-0.39, 0.29) is 5.91 Å². The van der Waals surface area contributed by atoms with Crippen LogP contribution in [-0.4, -0.2) is 32.1 Å². The molecule has 1 saturated carbocycles. The molecular weight excluding hydrogens is 348 g/mol. The lowest BCUT2D eigenvalue weighted by Gasteiger charge is -2.28. The standard InChI is InChI=1S/C19H20N4O2S/c24-18(7-14-4-6-26-11-14)22-5-3-17-15(9-22)19(16-10-25-12-20-16)21-23(17)8-13-1-2-13/h4,6,10-13H,1-3,5,7-9H2. The second-order valence-electron chi connectivity index (χ2n) is 7.15. The summed E-state index contributed by atoms with van der Waals surface area (Å²) in [5, 5.41) is 8.90. The van der Waals surface area contributed by atoms with Crippen LogP contribution in [0.1, 0.15) is 29.7 Å². The van der Waals surface area contributed by atoms with Crippen LogP contribution in [0.3, 0.4) is 0 Å². The SMILES string of the molecule is O=C(Cc1ccsc1)N1CCc2c(c(-c3cocn3)nn2CC2CC2)C1. The molecule has 0 bridgehead atoms. The molecule has 3 aromatic rings. The van der Waals surface area contributed by atoms with Crippen molar-refractivity contribution in [2.24, 2.45) is 5.92 Å². The van der Waals surface area contributed by atoms with Crippen molar-refractivity contribution in [3.63, 3.8) is 0 Å². The van der Waals surface area contributed by atoms with Crippen molar-refractivity contribution in [3.05, 3.63) is 46.3 Å². The number of carbonyl (C=O) groups excluding carboxylic acids is 1. The monoisotopic (exact) mass is 368 g/mol. The number of carbonyl (C=O) groups is 1. The van der Waals surface area contributed by atoms with E-state index < -0.39 is 0 Å².